The van der Waals surface area contributed by atoms with Crippen LogP contribution in [0.1, 0.15) is 85.0 Å². The summed E-state index contributed by atoms with van der Waals surface area (Å²) in [4.78, 5) is 25.2. The molecule has 0 spiro atoms. The SMILES string of the molecule is CC(C)(C)OC(=O)CC(OC(=O)CC1CC2CCC1C2)C1CC2CCC1C2. The van der Waals surface area contributed by atoms with Gasteiger partial charge < -0.3 is 9.47 Å². The van der Waals surface area contributed by atoms with Gasteiger partial charge in [-0.2, -0.15) is 0 Å². The van der Waals surface area contributed by atoms with Gasteiger partial charge in [0.25, 0.3) is 0 Å². The van der Waals surface area contributed by atoms with Gasteiger partial charge in [0.1, 0.15) is 11.7 Å². The van der Waals surface area contributed by atoms with Crippen molar-refractivity contribution in [3.63, 3.8) is 0 Å². The van der Waals surface area contributed by atoms with E-state index in [1.807, 2.05) is 20.8 Å². The molecule has 4 fully saturated rings. The van der Waals surface area contributed by atoms with E-state index in [4.69, 9.17) is 9.47 Å². The molecule has 0 radical (unpaired) electrons. The molecule has 4 aliphatic carbocycles. The molecule has 0 aromatic heterocycles. The normalized spacial score (nSPS) is 38.2. The predicted molar refractivity (Wildman–Crippen MR) is 103 cm³/mol. The fourth-order valence-electron chi connectivity index (χ4n) is 6.63. The molecule has 0 saturated heterocycles. The first-order valence-electron chi connectivity index (χ1n) is 11.2. The molecule has 0 amide bonds. The van der Waals surface area contributed by atoms with E-state index < -0.39 is 5.60 Å². The molecule has 0 aromatic rings. The maximum Gasteiger partial charge on any atom is 0.310 e. The lowest BCUT2D eigenvalue weighted by molar-refractivity contribution is -0.165. The second-order valence-corrected chi connectivity index (χ2v) is 10.8. The van der Waals surface area contributed by atoms with Gasteiger partial charge >= 0.3 is 11.9 Å². The van der Waals surface area contributed by atoms with E-state index in [1.165, 1.54) is 44.9 Å². The molecule has 27 heavy (non-hydrogen) atoms. The van der Waals surface area contributed by atoms with E-state index in [0.29, 0.717) is 24.2 Å². The first kappa shape index (κ1) is 19.3. The van der Waals surface area contributed by atoms with Crippen LogP contribution in [-0.2, 0) is 19.1 Å². The second kappa shape index (κ2) is 7.40. The zero-order chi connectivity index (χ0) is 19.2. The number of fused-ring (bicyclic) bond motifs is 4. The van der Waals surface area contributed by atoms with Gasteiger partial charge in [-0.25, -0.2) is 0 Å². The third kappa shape index (κ3) is 4.51. The number of esters is 2. The Labute approximate surface area is 163 Å². The van der Waals surface area contributed by atoms with Crippen LogP contribution < -0.4 is 0 Å². The molecule has 0 aromatic carbocycles. The third-order valence-electron chi connectivity index (χ3n) is 7.65. The van der Waals surface area contributed by atoms with Crippen LogP contribution in [-0.4, -0.2) is 23.6 Å². The Morgan fingerprint density at radius 1 is 0.889 bits per heavy atom. The highest BCUT2D eigenvalue weighted by Gasteiger charge is 2.46. The minimum Gasteiger partial charge on any atom is -0.461 e. The lowest BCUT2D eigenvalue weighted by Crippen LogP contribution is -2.35. The standard InChI is InChI=1S/C23H36O4/c1-23(2,3)27-22(25)13-20(19-11-15-5-7-17(19)9-15)26-21(24)12-18-10-14-4-6-16(18)8-14/h14-20H,4-13H2,1-3H3. The number of rotatable bonds is 6. The molecule has 0 aliphatic heterocycles. The van der Waals surface area contributed by atoms with Crippen molar-refractivity contribution in [2.75, 3.05) is 0 Å². The fourth-order valence-corrected chi connectivity index (χ4v) is 6.63. The molecule has 7 atom stereocenters. The van der Waals surface area contributed by atoms with E-state index >= 15 is 0 Å². The predicted octanol–water partition coefficient (Wildman–Crippen LogP) is 4.89. The van der Waals surface area contributed by atoms with Crippen molar-refractivity contribution >= 4 is 11.9 Å². The lowest BCUT2D eigenvalue weighted by atomic mass is 9.83. The van der Waals surface area contributed by atoms with Crippen LogP contribution in [0.15, 0.2) is 0 Å². The summed E-state index contributed by atoms with van der Waals surface area (Å²) in [7, 11) is 0. The zero-order valence-corrected chi connectivity index (χ0v) is 17.2. The summed E-state index contributed by atoms with van der Waals surface area (Å²) in [5, 5.41) is 0. The number of ether oxygens (including phenoxy) is 2. The van der Waals surface area contributed by atoms with Crippen LogP contribution in [0.3, 0.4) is 0 Å². The second-order valence-electron chi connectivity index (χ2n) is 10.8. The smallest absolute Gasteiger partial charge is 0.310 e. The molecule has 0 N–H and O–H groups in total. The maximum atomic E-state index is 12.7. The van der Waals surface area contributed by atoms with E-state index in [1.54, 1.807) is 0 Å². The number of hydrogen-bond acceptors (Lipinski definition) is 4. The van der Waals surface area contributed by atoms with Crippen LogP contribution >= 0.6 is 0 Å². The lowest BCUT2D eigenvalue weighted by Gasteiger charge is -2.31. The van der Waals surface area contributed by atoms with Gasteiger partial charge in [0.2, 0.25) is 0 Å². The van der Waals surface area contributed by atoms with Crippen molar-refractivity contribution in [3.8, 4) is 0 Å². The summed E-state index contributed by atoms with van der Waals surface area (Å²) in [5.41, 5.74) is -0.497. The minimum absolute atomic E-state index is 0.0797. The zero-order valence-electron chi connectivity index (χ0n) is 17.2. The number of carbonyl (C=O) groups excluding carboxylic acids is 2. The van der Waals surface area contributed by atoms with Crippen LogP contribution in [0.5, 0.6) is 0 Å². The first-order valence-corrected chi connectivity index (χ1v) is 11.2. The molecule has 4 bridgehead atoms. The summed E-state index contributed by atoms with van der Waals surface area (Å²) in [6, 6.07) is 0. The topological polar surface area (TPSA) is 52.6 Å². The van der Waals surface area contributed by atoms with Gasteiger partial charge in [0.15, 0.2) is 0 Å². The van der Waals surface area contributed by atoms with Crippen LogP contribution in [0.25, 0.3) is 0 Å². The summed E-state index contributed by atoms with van der Waals surface area (Å²) in [5.74, 6) is 3.51. The van der Waals surface area contributed by atoms with Gasteiger partial charge in [0.05, 0.1) is 6.42 Å². The van der Waals surface area contributed by atoms with Crippen LogP contribution in [0, 0.1) is 35.5 Å². The highest BCUT2D eigenvalue weighted by molar-refractivity contribution is 5.73. The quantitative estimate of drug-likeness (QED) is 0.619. The van der Waals surface area contributed by atoms with Crippen molar-refractivity contribution in [1.82, 2.24) is 0 Å². The van der Waals surface area contributed by atoms with Crippen molar-refractivity contribution in [3.05, 3.63) is 0 Å². The maximum absolute atomic E-state index is 12.7. The highest BCUT2D eigenvalue weighted by atomic mass is 16.6. The Morgan fingerprint density at radius 2 is 1.56 bits per heavy atom. The van der Waals surface area contributed by atoms with Gasteiger partial charge in [-0.1, -0.05) is 12.8 Å². The van der Waals surface area contributed by atoms with E-state index in [0.717, 1.165) is 24.2 Å². The van der Waals surface area contributed by atoms with Crippen molar-refractivity contribution < 1.29 is 19.1 Å². The number of hydrogen-bond donors (Lipinski definition) is 0. The van der Waals surface area contributed by atoms with Gasteiger partial charge in [-0.3, -0.25) is 9.59 Å². The van der Waals surface area contributed by atoms with Gasteiger partial charge in [0, 0.05) is 6.42 Å². The average molecular weight is 377 g/mol. The summed E-state index contributed by atoms with van der Waals surface area (Å²) in [6.45, 7) is 5.66. The third-order valence-corrected chi connectivity index (χ3v) is 7.65. The average Bonchev–Trinajstić information content (AvgIpc) is 3.33. The van der Waals surface area contributed by atoms with Crippen LogP contribution in [0.4, 0.5) is 0 Å². The summed E-state index contributed by atoms with van der Waals surface area (Å²) < 4.78 is 11.5. The molecule has 4 aliphatic rings. The molecule has 4 nitrogen and oxygen atoms in total. The van der Waals surface area contributed by atoms with Crippen LogP contribution in [0.2, 0.25) is 0 Å². The number of carbonyl (C=O) groups is 2. The molecular weight excluding hydrogens is 340 g/mol. The molecule has 152 valence electrons. The van der Waals surface area contributed by atoms with Crippen molar-refractivity contribution in [1.29, 1.82) is 0 Å². The van der Waals surface area contributed by atoms with Crippen molar-refractivity contribution in [2.45, 2.75) is 96.7 Å². The molecule has 4 rings (SSSR count). The Bertz CT molecular complexity index is 577. The van der Waals surface area contributed by atoms with E-state index in [9.17, 15) is 9.59 Å². The van der Waals surface area contributed by atoms with Crippen molar-refractivity contribution in [2.24, 2.45) is 35.5 Å². The summed E-state index contributed by atoms with van der Waals surface area (Å²) >= 11 is 0. The Balaban J connectivity index is 1.36. The summed E-state index contributed by atoms with van der Waals surface area (Å²) in [6.07, 6.45) is 10.5. The molecule has 7 unspecified atom stereocenters. The Kier molecular flexibility index (Phi) is 5.28. The largest absolute Gasteiger partial charge is 0.461 e. The minimum atomic E-state index is -0.497. The van der Waals surface area contributed by atoms with Gasteiger partial charge in [-0.05, 0) is 94.8 Å². The van der Waals surface area contributed by atoms with Gasteiger partial charge in [-0.15, -0.1) is 0 Å². The van der Waals surface area contributed by atoms with E-state index in [2.05, 4.69) is 0 Å². The first-order chi connectivity index (χ1) is 12.8. The highest BCUT2D eigenvalue weighted by Crippen LogP contribution is 2.52. The Morgan fingerprint density at radius 3 is 2.07 bits per heavy atom. The molecular formula is C23H36O4. The van der Waals surface area contributed by atoms with E-state index in [-0.39, 0.29) is 24.5 Å². The Hall–Kier alpha value is -1.06. The molecule has 0 heterocycles. The fraction of sp³-hybridized carbons (Fsp3) is 0.913. The molecule has 4 saturated carbocycles. The monoisotopic (exact) mass is 376 g/mol. The molecule has 4 heteroatoms.